The lowest BCUT2D eigenvalue weighted by atomic mass is 9.46. The maximum atomic E-state index is 12.2. The molecule has 4 rings (SSSR count). The maximum absolute atomic E-state index is 12.2. The number of likely N-dealkylation sites (tertiary alicyclic amines) is 1. The molecule has 1 amide bonds. The molecule has 0 aromatic carbocycles. The van der Waals surface area contributed by atoms with Crippen LogP contribution in [0.25, 0.3) is 0 Å². The summed E-state index contributed by atoms with van der Waals surface area (Å²) in [4.78, 5) is 14.3. The number of hydrogen-bond donors (Lipinski definition) is 1. The van der Waals surface area contributed by atoms with Crippen molar-refractivity contribution in [2.75, 3.05) is 7.05 Å². The van der Waals surface area contributed by atoms with Gasteiger partial charge in [-0.3, -0.25) is 4.79 Å². The minimum Gasteiger partial charge on any atom is -0.411 e. The largest absolute Gasteiger partial charge is 0.411 e. The minimum absolute atomic E-state index is 0.0922. The van der Waals surface area contributed by atoms with E-state index < -0.39 is 0 Å². The van der Waals surface area contributed by atoms with Crippen LogP contribution >= 0.6 is 0 Å². The molecule has 0 aromatic heterocycles. The zero-order chi connectivity index (χ0) is 17.3. The van der Waals surface area contributed by atoms with Crippen molar-refractivity contribution in [1.82, 2.24) is 4.90 Å². The molecule has 4 heteroatoms. The molecular weight excluding hydrogens is 300 g/mol. The molecule has 1 heterocycles. The Hall–Kier alpha value is -1.06. The van der Waals surface area contributed by atoms with Crippen molar-refractivity contribution in [3.8, 4) is 0 Å². The molecule has 24 heavy (non-hydrogen) atoms. The number of nitrogens with zero attached hydrogens (tertiary/aromatic N) is 2. The Morgan fingerprint density at radius 3 is 2.67 bits per heavy atom. The van der Waals surface area contributed by atoms with Crippen molar-refractivity contribution in [2.45, 2.75) is 71.8 Å². The van der Waals surface area contributed by atoms with Crippen LogP contribution in [-0.4, -0.2) is 34.8 Å². The second kappa shape index (κ2) is 5.22. The van der Waals surface area contributed by atoms with Crippen LogP contribution < -0.4 is 0 Å². The average Bonchev–Trinajstić information content (AvgIpc) is 2.82. The summed E-state index contributed by atoms with van der Waals surface area (Å²) in [5.74, 6) is 3.02. The molecule has 4 aliphatic rings. The number of carbonyl (C=O) groups excluding carboxylic acids is 1. The summed E-state index contributed by atoms with van der Waals surface area (Å²) in [5.41, 5.74) is 1.40. The summed E-state index contributed by atoms with van der Waals surface area (Å²) in [6.45, 7) is 7.16. The number of fused-ring (bicyclic) bond motifs is 5. The monoisotopic (exact) mass is 332 g/mol. The fraction of sp³-hybridized carbons (Fsp3) is 0.900. The van der Waals surface area contributed by atoms with Crippen molar-refractivity contribution in [1.29, 1.82) is 0 Å². The smallest absolute Gasteiger partial charge is 0.222 e. The molecule has 1 N–H and O–H groups in total. The first kappa shape index (κ1) is 16.4. The van der Waals surface area contributed by atoms with E-state index >= 15 is 0 Å². The van der Waals surface area contributed by atoms with Crippen molar-refractivity contribution in [3.63, 3.8) is 0 Å². The van der Waals surface area contributed by atoms with E-state index in [0.717, 1.165) is 37.3 Å². The second-order valence-corrected chi connectivity index (χ2v) is 9.58. The first-order valence-corrected chi connectivity index (χ1v) is 9.80. The lowest BCUT2D eigenvalue weighted by Gasteiger charge is -2.61. The molecule has 0 spiro atoms. The van der Waals surface area contributed by atoms with Crippen molar-refractivity contribution in [2.24, 2.45) is 39.7 Å². The van der Waals surface area contributed by atoms with Crippen LogP contribution in [0.15, 0.2) is 5.16 Å². The van der Waals surface area contributed by atoms with Gasteiger partial charge in [0.05, 0.1) is 5.71 Å². The van der Waals surface area contributed by atoms with Crippen LogP contribution in [0.2, 0.25) is 0 Å². The lowest BCUT2D eigenvalue weighted by molar-refractivity contribution is -0.156. The van der Waals surface area contributed by atoms with Crippen molar-refractivity contribution in [3.05, 3.63) is 0 Å². The molecule has 134 valence electrons. The van der Waals surface area contributed by atoms with E-state index in [9.17, 15) is 10.0 Å². The highest BCUT2D eigenvalue weighted by Crippen LogP contribution is 2.65. The van der Waals surface area contributed by atoms with Crippen LogP contribution in [0, 0.1) is 34.5 Å². The van der Waals surface area contributed by atoms with E-state index in [1.807, 2.05) is 7.05 Å². The standard InChI is InChI=1S/C20H32N2O2/c1-12-11-15(21-24)20(3)9-7-14-13(18(12)20)5-6-16-19(14,2)10-8-17(23)22(16)4/h12-14,16,18,24H,5-11H2,1-4H3/t12-,13-,14+,16-,18+,19-,20-/m1/s1. The number of piperidine rings is 1. The fourth-order valence-corrected chi connectivity index (χ4v) is 7.61. The summed E-state index contributed by atoms with van der Waals surface area (Å²) >= 11 is 0. The van der Waals surface area contributed by atoms with Crippen molar-refractivity contribution >= 4 is 11.6 Å². The van der Waals surface area contributed by atoms with Gasteiger partial charge in [0.25, 0.3) is 0 Å². The van der Waals surface area contributed by atoms with Crippen molar-refractivity contribution < 1.29 is 10.0 Å². The summed E-state index contributed by atoms with van der Waals surface area (Å²) in [7, 11) is 2.02. The summed E-state index contributed by atoms with van der Waals surface area (Å²) in [6.07, 6.45) is 7.46. The van der Waals surface area contributed by atoms with Gasteiger partial charge in [0, 0.05) is 24.9 Å². The van der Waals surface area contributed by atoms with Crippen LogP contribution in [0.5, 0.6) is 0 Å². The SMILES string of the molecule is C[C@@H]1CC(=NO)[C@@]2(C)CC[C@H]3[C@@H](CC[C@H]4N(C)C(=O)CC[C@]34C)[C@H]12. The highest BCUT2D eigenvalue weighted by Gasteiger charge is 2.62. The molecule has 3 aliphatic carbocycles. The molecule has 1 aliphatic heterocycles. The van der Waals surface area contributed by atoms with Crippen LogP contribution in [0.1, 0.15) is 65.7 Å². The van der Waals surface area contributed by atoms with Gasteiger partial charge in [-0.1, -0.05) is 25.9 Å². The van der Waals surface area contributed by atoms with E-state index in [2.05, 4.69) is 30.8 Å². The zero-order valence-corrected chi connectivity index (χ0v) is 15.6. The summed E-state index contributed by atoms with van der Waals surface area (Å²) in [5, 5.41) is 13.2. The number of oxime groups is 1. The van der Waals surface area contributed by atoms with Gasteiger partial charge in [-0.15, -0.1) is 0 Å². The van der Waals surface area contributed by atoms with E-state index in [4.69, 9.17) is 0 Å². The van der Waals surface area contributed by atoms with E-state index in [-0.39, 0.29) is 10.8 Å². The third-order valence-electron chi connectivity index (χ3n) is 8.72. The van der Waals surface area contributed by atoms with Crippen LogP contribution in [0.4, 0.5) is 0 Å². The average molecular weight is 332 g/mol. The van der Waals surface area contributed by atoms with Gasteiger partial charge in [-0.05, 0) is 67.6 Å². The van der Waals surface area contributed by atoms with Gasteiger partial charge in [0.15, 0.2) is 0 Å². The van der Waals surface area contributed by atoms with Gasteiger partial charge in [-0.2, -0.15) is 0 Å². The molecule has 0 radical (unpaired) electrons. The molecule has 0 unspecified atom stereocenters. The summed E-state index contributed by atoms with van der Waals surface area (Å²) < 4.78 is 0. The maximum Gasteiger partial charge on any atom is 0.222 e. The van der Waals surface area contributed by atoms with E-state index in [0.29, 0.717) is 36.1 Å². The van der Waals surface area contributed by atoms with Gasteiger partial charge in [0.2, 0.25) is 5.91 Å². The predicted octanol–water partition coefficient (Wildman–Crippen LogP) is 3.93. The Morgan fingerprint density at radius 2 is 1.96 bits per heavy atom. The number of rotatable bonds is 0. The second-order valence-electron chi connectivity index (χ2n) is 9.58. The summed E-state index contributed by atoms with van der Waals surface area (Å²) in [6, 6.07) is 0.423. The molecule has 4 nitrogen and oxygen atoms in total. The Balaban J connectivity index is 1.69. The molecule has 0 bridgehead atoms. The predicted molar refractivity (Wildman–Crippen MR) is 93.9 cm³/mol. The van der Waals surface area contributed by atoms with Gasteiger partial charge >= 0.3 is 0 Å². The first-order chi connectivity index (χ1) is 11.3. The van der Waals surface area contributed by atoms with Crippen LogP contribution in [0.3, 0.4) is 0 Å². The third-order valence-corrected chi connectivity index (χ3v) is 8.72. The lowest BCUT2D eigenvalue weighted by Crippen LogP contribution is -2.61. The fourth-order valence-electron chi connectivity index (χ4n) is 7.61. The third kappa shape index (κ3) is 1.91. The molecule has 3 saturated carbocycles. The first-order valence-electron chi connectivity index (χ1n) is 9.80. The normalized spacial score (nSPS) is 52.8. The molecule has 1 saturated heterocycles. The number of hydrogen-bond acceptors (Lipinski definition) is 3. The Kier molecular flexibility index (Phi) is 3.57. The van der Waals surface area contributed by atoms with Gasteiger partial charge in [0.1, 0.15) is 0 Å². The van der Waals surface area contributed by atoms with Gasteiger partial charge < -0.3 is 10.1 Å². The van der Waals surface area contributed by atoms with E-state index in [1.165, 1.54) is 12.8 Å². The molecule has 4 fully saturated rings. The Labute approximate surface area is 145 Å². The quantitative estimate of drug-likeness (QED) is 0.540. The topological polar surface area (TPSA) is 52.9 Å². The van der Waals surface area contributed by atoms with E-state index in [1.54, 1.807) is 0 Å². The molecular formula is C20H32N2O2. The molecule has 7 atom stereocenters. The Bertz CT molecular complexity index is 588. The Morgan fingerprint density at radius 1 is 1.21 bits per heavy atom. The van der Waals surface area contributed by atoms with Crippen LogP contribution in [-0.2, 0) is 4.79 Å². The van der Waals surface area contributed by atoms with Gasteiger partial charge in [-0.25, -0.2) is 0 Å². The number of amides is 1. The highest BCUT2D eigenvalue weighted by molar-refractivity contribution is 5.92. The molecule has 0 aromatic rings. The highest BCUT2D eigenvalue weighted by atomic mass is 16.4. The zero-order valence-electron chi connectivity index (χ0n) is 15.6. The number of carbonyl (C=O) groups is 1. The minimum atomic E-state index is 0.0922.